The van der Waals surface area contributed by atoms with Gasteiger partial charge in [0.25, 0.3) is 0 Å². The van der Waals surface area contributed by atoms with E-state index in [-0.39, 0.29) is 0 Å². The molecule has 0 spiro atoms. The molecule has 1 amide bonds. The Kier molecular flexibility index (Phi) is 1.53. The summed E-state index contributed by atoms with van der Waals surface area (Å²) < 4.78 is 5.16. The molecule has 0 bridgehead atoms. The van der Waals surface area contributed by atoms with E-state index < -0.39 is 6.09 Å². The minimum atomic E-state index is -0.859. The monoisotopic (exact) mass is 167 g/mol. The van der Waals surface area contributed by atoms with Crippen molar-refractivity contribution in [3.8, 4) is 0 Å². The summed E-state index contributed by atoms with van der Waals surface area (Å²) in [7, 11) is 0. The lowest BCUT2D eigenvalue weighted by Gasteiger charge is -2.22. The quantitative estimate of drug-likeness (QED) is 0.633. The summed E-state index contributed by atoms with van der Waals surface area (Å²) in [5.74, 6) is 0.924. The molecule has 1 N–H and O–H groups in total. The fourth-order valence-corrected chi connectivity index (χ4v) is 1.41. The fraction of sp³-hybridized carbons (Fsp3) is 0.375. The van der Waals surface area contributed by atoms with Gasteiger partial charge in [-0.1, -0.05) is 0 Å². The van der Waals surface area contributed by atoms with Crippen LogP contribution < -0.4 is 0 Å². The summed E-state index contributed by atoms with van der Waals surface area (Å²) >= 11 is 0. The second-order valence-corrected chi connectivity index (χ2v) is 2.82. The number of carbonyl (C=O) groups is 1. The zero-order valence-corrected chi connectivity index (χ0v) is 6.49. The molecule has 2 rings (SSSR count). The third-order valence-corrected chi connectivity index (χ3v) is 2.08. The van der Waals surface area contributed by atoms with E-state index in [2.05, 4.69) is 0 Å². The molecule has 1 aliphatic rings. The number of amides is 1. The maximum absolute atomic E-state index is 10.6. The van der Waals surface area contributed by atoms with E-state index >= 15 is 0 Å². The highest BCUT2D eigenvalue weighted by molar-refractivity contribution is 5.65. The van der Waals surface area contributed by atoms with Crippen LogP contribution in [-0.2, 0) is 13.0 Å². The molecule has 0 aromatic carbocycles. The molecular weight excluding hydrogens is 158 g/mol. The number of furan rings is 1. The summed E-state index contributed by atoms with van der Waals surface area (Å²) in [5, 5.41) is 8.70. The van der Waals surface area contributed by atoms with Gasteiger partial charge in [0.1, 0.15) is 5.76 Å². The smallest absolute Gasteiger partial charge is 0.407 e. The number of carboxylic acid groups (broad SMARTS) is 1. The van der Waals surface area contributed by atoms with Crippen molar-refractivity contribution in [1.29, 1.82) is 0 Å². The van der Waals surface area contributed by atoms with Gasteiger partial charge in [-0.25, -0.2) is 4.79 Å². The Morgan fingerprint density at radius 2 is 2.50 bits per heavy atom. The summed E-state index contributed by atoms with van der Waals surface area (Å²) in [5.41, 5.74) is 0.989. The van der Waals surface area contributed by atoms with Crippen molar-refractivity contribution in [1.82, 2.24) is 4.90 Å². The number of hydrogen-bond acceptors (Lipinski definition) is 2. The molecular formula is C8H9NO3. The summed E-state index contributed by atoms with van der Waals surface area (Å²) in [6.07, 6.45) is 1.44. The first-order valence-corrected chi connectivity index (χ1v) is 3.80. The Hall–Kier alpha value is -1.45. The highest BCUT2D eigenvalue weighted by Crippen LogP contribution is 2.19. The molecule has 1 aromatic heterocycles. The normalized spacial score (nSPS) is 15.8. The van der Waals surface area contributed by atoms with Crippen molar-refractivity contribution in [3.05, 3.63) is 23.7 Å². The van der Waals surface area contributed by atoms with E-state index in [9.17, 15) is 4.79 Å². The molecule has 0 radical (unpaired) electrons. The van der Waals surface area contributed by atoms with E-state index in [1.807, 2.05) is 6.07 Å². The van der Waals surface area contributed by atoms with Crippen LogP contribution >= 0.6 is 0 Å². The zero-order valence-electron chi connectivity index (χ0n) is 6.49. The fourth-order valence-electron chi connectivity index (χ4n) is 1.41. The minimum absolute atomic E-state index is 0.459. The number of rotatable bonds is 0. The van der Waals surface area contributed by atoms with Gasteiger partial charge in [0.2, 0.25) is 0 Å². The second-order valence-electron chi connectivity index (χ2n) is 2.82. The van der Waals surface area contributed by atoms with Gasteiger partial charge in [-0.05, 0) is 6.07 Å². The van der Waals surface area contributed by atoms with Gasteiger partial charge in [0, 0.05) is 18.5 Å². The van der Waals surface area contributed by atoms with Gasteiger partial charge >= 0.3 is 6.09 Å². The standard InChI is InChI=1S/C8H9NO3/c10-8(11)9-3-1-7-6(5-9)2-4-12-7/h2,4H,1,3,5H2,(H,10,11). The first-order chi connectivity index (χ1) is 5.77. The third kappa shape index (κ3) is 1.05. The molecule has 0 saturated heterocycles. The highest BCUT2D eigenvalue weighted by atomic mass is 16.4. The van der Waals surface area contributed by atoms with Gasteiger partial charge in [-0.3, -0.25) is 0 Å². The molecule has 1 aromatic rings. The molecule has 4 heteroatoms. The first kappa shape index (κ1) is 7.21. The van der Waals surface area contributed by atoms with Crippen LogP contribution in [0.3, 0.4) is 0 Å². The van der Waals surface area contributed by atoms with Crippen LogP contribution in [0.2, 0.25) is 0 Å². The van der Waals surface area contributed by atoms with Crippen LogP contribution in [-0.4, -0.2) is 22.6 Å². The molecule has 64 valence electrons. The molecule has 4 nitrogen and oxygen atoms in total. The topological polar surface area (TPSA) is 53.7 Å². The molecule has 1 aliphatic heterocycles. The van der Waals surface area contributed by atoms with Crippen LogP contribution in [0.4, 0.5) is 4.79 Å². The molecule has 0 aliphatic carbocycles. The van der Waals surface area contributed by atoms with Crippen molar-refractivity contribution in [2.24, 2.45) is 0 Å². The van der Waals surface area contributed by atoms with Crippen LogP contribution in [0.1, 0.15) is 11.3 Å². The summed E-state index contributed by atoms with van der Waals surface area (Å²) in [4.78, 5) is 12.0. The SMILES string of the molecule is O=C(O)N1CCc2occc2C1. The van der Waals surface area contributed by atoms with Gasteiger partial charge in [0.15, 0.2) is 0 Å². The Morgan fingerprint density at radius 3 is 3.25 bits per heavy atom. The van der Waals surface area contributed by atoms with Crippen molar-refractivity contribution < 1.29 is 14.3 Å². The third-order valence-electron chi connectivity index (χ3n) is 2.08. The lowest BCUT2D eigenvalue weighted by molar-refractivity contribution is 0.138. The molecule has 12 heavy (non-hydrogen) atoms. The maximum Gasteiger partial charge on any atom is 0.407 e. The molecule has 2 heterocycles. The first-order valence-electron chi connectivity index (χ1n) is 3.80. The lowest BCUT2D eigenvalue weighted by Crippen LogP contribution is -2.34. The van der Waals surface area contributed by atoms with E-state index in [0.717, 1.165) is 11.3 Å². The Balaban J connectivity index is 2.20. The van der Waals surface area contributed by atoms with Crippen molar-refractivity contribution in [2.45, 2.75) is 13.0 Å². The van der Waals surface area contributed by atoms with E-state index in [1.165, 1.54) is 4.90 Å². The van der Waals surface area contributed by atoms with Crippen molar-refractivity contribution >= 4 is 6.09 Å². The van der Waals surface area contributed by atoms with Crippen LogP contribution in [0.5, 0.6) is 0 Å². The van der Waals surface area contributed by atoms with Crippen LogP contribution in [0, 0.1) is 0 Å². The van der Waals surface area contributed by atoms with Gasteiger partial charge < -0.3 is 14.4 Å². The van der Waals surface area contributed by atoms with Crippen molar-refractivity contribution in [2.75, 3.05) is 6.54 Å². The van der Waals surface area contributed by atoms with Crippen LogP contribution in [0.25, 0.3) is 0 Å². The predicted octanol–water partition coefficient (Wildman–Crippen LogP) is 1.32. The Morgan fingerprint density at radius 1 is 1.67 bits per heavy atom. The van der Waals surface area contributed by atoms with E-state index in [4.69, 9.17) is 9.52 Å². The number of fused-ring (bicyclic) bond motifs is 1. The second kappa shape index (κ2) is 2.55. The van der Waals surface area contributed by atoms with Crippen molar-refractivity contribution in [3.63, 3.8) is 0 Å². The van der Waals surface area contributed by atoms with E-state index in [0.29, 0.717) is 19.5 Å². The zero-order chi connectivity index (χ0) is 8.55. The Labute approximate surface area is 69.4 Å². The van der Waals surface area contributed by atoms with Gasteiger partial charge in [-0.15, -0.1) is 0 Å². The lowest BCUT2D eigenvalue weighted by atomic mass is 10.1. The van der Waals surface area contributed by atoms with E-state index in [1.54, 1.807) is 6.26 Å². The highest BCUT2D eigenvalue weighted by Gasteiger charge is 2.21. The molecule has 0 fully saturated rings. The van der Waals surface area contributed by atoms with Crippen LogP contribution in [0.15, 0.2) is 16.7 Å². The number of nitrogens with zero attached hydrogens (tertiary/aromatic N) is 1. The average molecular weight is 167 g/mol. The predicted molar refractivity (Wildman–Crippen MR) is 40.8 cm³/mol. The molecule has 0 saturated carbocycles. The summed E-state index contributed by atoms with van der Waals surface area (Å²) in [6.45, 7) is 0.997. The molecule has 0 unspecified atom stereocenters. The maximum atomic E-state index is 10.6. The minimum Gasteiger partial charge on any atom is -0.469 e. The average Bonchev–Trinajstić information content (AvgIpc) is 2.49. The van der Waals surface area contributed by atoms with Gasteiger partial charge in [0.05, 0.1) is 12.8 Å². The Bertz CT molecular complexity index is 305. The largest absolute Gasteiger partial charge is 0.469 e. The van der Waals surface area contributed by atoms with Gasteiger partial charge in [-0.2, -0.15) is 0 Å². The number of hydrogen-bond donors (Lipinski definition) is 1. The summed E-state index contributed by atoms with van der Waals surface area (Å²) in [6, 6.07) is 1.82. The molecule has 0 atom stereocenters.